The minimum Gasteiger partial charge on any atom is -0.378 e. The van der Waals surface area contributed by atoms with Crippen LogP contribution in [0.5, 0.6) is 0 Å². The Morgan fingerprint density at radius 2 is 2.00 bits per heavy atom. The third-order valence-corrected chi connectivity index (χ3v) is 5.51. The summed E-state index contributed by atoms with van der Waals surface area (Å²) in [5, 5.41) is 16.5. The van der Waals surface area contributed by atoms with Gasteiger partial charge in [-0.15, -0.1) is 11.8 Å². The standard InChI is InChI=1S/C22H25NOS/c1-16(20-10-6-8-17-7-4-5-9-21(17)20)23-15-19-12-11-18(25-19)13-14-22(2,3)24/h4-11,16,19,23-24H,12,15H2,1-3H3/t16-,19?/m1/s1. The second kappa shape index (κ2) is 7.66. The van der Waals surface area contributed by atoms with E-state index in [9.17, 15) is 5.11 Å². The maximum atomic E-state index is 9.71. The van der Waals surface area contributed by atoms with Gasteiger partial charge in [-0.3, -0.25) is 0 Å². The van der Waals surface area contributed by atoms with Crippen LogP contribution in [0.3, 0.4) is 0 Å². The van der Waals surface area contributed by atoms with E-state index in [2.05, 4.69) is 72.6 Å². The number of benzene rings is 2. The molecule has 1 aliphatic heterocycles. The highest BCUT2D eigenvalue weighted by molar-refractivity contribution is 8.04. The fourth-order valence-corrected chi connectivity index (χ4v) is 4.01. The summed E-state index contributed by atoms with van der Waals surface area (Å²) in [6, 6.07) is 15.3. The van der Waals surface area contributed by atoms with Gasteiger partial charge in [0.05, 0.1) is 4.91 Å². The molecule has 1 aliphatic rings. The van der Waals surface area contributed by atoms with E-state index in [1.54, 1.807) is 25.6 Å². The fraction of sp³-hybridized carbons (Fsp3) is 0.364. The number of hydrogen-bond acceptors (Lipinski definition) is 3. The molecule has 3 heteroatoms. The Balaban J connectivity index is 1.58. The van der Waals surface area contributed by atoms with Gasteiger partial charge >= 0.3 is 0 Å². The Bertz CT molecular complexity index is 833. The normalized spacial score (nSPS) is 18.6. The third-order valence-electron chi connectivity index (χ3n) is 4.29. The zero-order valence-electron chi connectivity index (χ0n) is 15.0. The van der Waals surface area contributed by atoms with Crippen molar-refractivity contribution in [3.8, 4) is 11.8 Å². The van der Waals surface area contributed by atoms with Crippen LogP contribution in [0, 0.1) is 11.8 Å². The highest BCUT2D eigenvalue weighted by Crippen LogP contribution is 2.32. The molecule has 3 rings (SSSR count). The molecule has 0 amide bonds. The van der Waals surface area contributed by atoms with Crippen molar-refractivity contribution in [3.05, 3.63) is 59.0 Å². The van der Waals surface area contributed by atoms with Crippen LogP contribution in [0.15, 0.2) is 53.4 Å². The Morgan fingerprint density at radius 3 is 2.80 bits per heavy atom. The minimum atomic E-state index is -0.930. The molecule has 1 unspecified atom stereocenters. The molecule has 2 aromatic carbocycles. The SMILES string of the molecule is C[C@@H](NCC1CC=C(C#CC(C)(C)O)S1)c1cccc2ccccc12. The number of allylic oxidation sites excluding steroid dienone is 2. The van der Waals surface area contributed by atoms with Crippen molar-refractivity contribution in [2.45, 2.75) is 44.1 Å². The zero-order chi connectivity index (χ0) is 17.9. The molecule has 0 bridgehead atoms. The van der Waals surface area contributed by atoms with Gasteiger partial charge in [-0.25, -0.2) is 0 Å². The topological polar surface area (TPSA) is 32.3 Å². The van der Waals surface area contributed by atoms with Gasteiger partial charge in [0, 0.05) is 17.8 Å². The summed E-state index contributed by atoms with van der Waals surface area (Å²) in [5.74, 6) is 5.98. The van der Waals surface area contributed by atoms with E-state index in [0.717, 1.165) is 17.9 Å². The second-order valence-corrected chi connectivity index (χ2v) is 8.39. The van der Waals surface area contributed by atoms with Crippen molar-refractivity contribution in [1.82, 2.24) is 5.32 Å². The Morgan fingerprint density at radius 1 is 1.24 bits per heavy atom. The minimum absolute atomic E-state index is 0.304. The molecule has 2 aromatic rings. The van der Waals surface area contributed by atoms with E-state index in [4.69, 9.17) is 0 Å². The van der Waals surface area contributed by atoms with E-state index >= 15 is 0 Å². The molecule has 2 atom stereocenters. The van der Waals surface area contributed by atoms with Crippen LogP contribution < -0.4 is 5.32 Å². The highest BCUT2D eigenvalue weighted by Gasteiger charge is 2.19. The predicted octanol–water partition coefficient (Wildman–Crippen LogP) is 4.65. The first-order chi connectivity index (χ1) is 11.9. The zero-order valence-corrected chi connectivity index (χ0v) is 15.9. The molecule has 0 saturated carbocycles. The summed E-state index contributed by atoms with van der Waals surface area (Å²) in [4.78, 5) is 1.08. The Kier molecular flexibility index (Phi) is 5.54. The lowest BCUT2D eigenvalue weighted by molar-refractivity contribution is 0.143. The Hall–Kier alpha value is -1.73. The van der Waals surface area contributed by atoms with Crippen LogP contribution in [0.1, 0.15) is 38.8 Å². The molecule has 25 heavy (non-hydrogen) atoms. The average Bonchev–Trinajstić information content (AvgIpc) is 3.05. The first kappa shape index (κ1) is 18.1. The number of hydrogen-bond donors (Lipinski definition) is 2. The lowest BCUT2D eigenvalue weighted by Crippen LogP contribution is -2.26. The largest absolute Gasteiger partial charge is 0.378 e. The van der Waals surface area contributed by atoms with Crippen molar-refractivity contribution in [2.24, 2.45) is 0 Å². The van der Waals surface area contributed by atoms with Gasteiger partial charge in [-0.05, 0) is 43.5 Å². The molecule has 0 saturated heterocycles. The van der Waals surface area contributed by atoms with Gasteiger partial charge in [0.15, 0.2) is 0 Å². The molecule has 0 fully saturated rings. The predicted molar refractivity (Wildman–Crippen MR) is 109 cm³/mol. The van der Waals surface area contributed by atoms with Gasteiger partial charge in [0.1, 0.15) is 5.60 Å². The first-order valence-corrected chi connectivity index (χ1v) is 9.64. The summed E-state index contributed by atoms with van der Waals surface area (Å²) in [6.07, 6.45) is 3.20. The van der Waals surface area contributed by atoms with Crippen LogP contribution in [-0.4, -0.2) is 22.5 Å². The van der Waals surface area contributed by atoms with Gasteiger partial charge in [-0.1, -0.05) is 60.4 Å². The smallest absolute Gasteiger partial charge is 0.120 e. The number of rotatable bonds is 4. The van der Waals surface area contributed by atoms with Gasteiger partial charge < -0.3 is 10.4 Å². The van der Waals surface area contributed by atoms with Crippen molar-refractivity contribution in [3.63, 3.8) is 0 Å². The van der Waals surface area contributed by atoms with Crippen LogP contribution in [0.4, 0.5) is 0 Å². The lowest BCUT2D eigenvalue weighted by atomic mass is 9.99. The van der Waals surface area contributed by atoms with Crippen molar-refractivity contribution in [2.75, 3.05) is 6.54 Å². The summed E-state index contributed by atoms with van der Waals surface area (Å²) in [6.45, 7) is 6.60. The van der Waals surface area contributed by atoms with Crippen LogP contribution in [-0.2, 0) is 0 Å². The third kappa shape index (κ3) is 4.89. The van der Waals surface area contributed by atoms with E-state index in [1.807, 2.05) is 0 Å². The molecular weight excluding hydrogens is 326 g/mol. The summed E-state index contributed by atoms with van der Waals surface area (Å²) in [5.41, 5.74) is 0.414. The van der Waals surface area contributed by atoms with Crippen LogP contribution in [0.25, 0.3) is 10.8 Å². The summed E-state index contributed by atoms with van der Waals surface area (Å²) < 4.78 is 0. The van der Waals surface area contributed by atoms with Crippen molar-refractivity contribution in [1.29, 1.82) is 0 Å². The molecule has 1 heterocycles. The maximum Gasteiger partial charge on any atom is 0.120 e. The van der Waals surface area contributed by atoms with E-state index in [0.29, 0.717) is 11.3 Å². The Labute approximate surface area is 154 Å². The molecule has 2 N–H and O–H groups in total. The van der Waals surface area contributed by atoms with Crippen molar-refractivity contribution >= 4 is 22.5 Å². The van der Waals surface area contributed by atoms with Crippen LogP contribution in [0.2, 0.25) is 0 Å². The van der Waals surface area contributed by atoms with E-state index < -0.39 is 5.60 Å². The number of fused-ring (bicyclic) bond motifs is 1. The van der Waals surface area contributed by atoms with Gasteiger partial charge in [-0.2, -0.15) is 0 Å². The fourth-order valence-electron chi connectivity index (χ4n) is 2.98. The maximum absolute atomic E-state index is 9.71. The molecule has 0 spiro atoms. The van der Waals surface area contributed by atoms with Gasteiger partial charge in [0.25, 0.3) is 0 Å². The monoisotopic (exact) mass is 351 g/mol. The number of nitrogens with one attached hydrogen (secondary N) is 1. The summed E-state index contributed by atoms with van der Waals surface area (Å²) >= 11 is 1.81. The highest BCUT2D eigenvalue weighted by atomic mass is 32.2. The molecule has 0 aliphatic carbocycles. The molecule has 0 radical (unpaired) electrons. The van der Waals surface area contributed by atoms with E-state index in [1.165, 1.54) is 16.3 Å². The lowest BCUT2D eigenvalue weighted by Gasteiger charge is -2.19. The number of thioether (sulfide) groups is 1. The number of aliphatic hydroxyl groups is 1. The molecule has 2 nitrogen and oxygen atoms in total. The molecular formula is C22H25NOS. The van der Waals surface area contributed by atoms with Gasteiger partial charge in [0.2, 0.25) is 0 Å². The van der Waals surface area contributed by atoms with E-state index in [-0.39, 0.29) is 0 Å². The molecule has 0 aromatic heterocycles. The second-order valence-electron chi connectivity index (χ2n) is 7.05. The van der Waals surface area contributed by atoms with Crippen molar-refractivity contribution < 1.29 is 5.11 Å². The molecule has 130 valence electrons. The average molecular weight is 352 g/mol. The summed E-state index contributed by atoms with van der Waals surface area (Å²) in [7, 11) is 0. The first-order valence-electron chi connectivity index (χ1n) is 8.76. The quantitative estimate of drug-likeness (QED) is 0.786. The van der Waals surface area contributed by atoms with Crippen LogP contribution >= 0.6 is 11.8 Å².